The van der Waals surface area contributed by atoms with E-state index in [9.17, 15) is 25.2 Å². The Bertz CT molecular complexity index is 718. The van der Waals surface area contributed by atoms with E-state index in [1.807, 2.05) is 0 Å². The third-order valence-electron chi connectivity index (χ3n) is 7.45. The summed E-state index contributed by atoms with van der Waals surface area (Å²) in [4.78, 5) is 12.4. The number of nitrogens with one attached hydrogen (secondary N) is 1. The van der Waals surface area contributed by atoms with Crippen LogP contribution in [0.15, 0.2) is 48.6 Å². The fraction of sp³-hybridized carbons (Fsp3) is 0.750. The molecule has 0 bridgehead atoms. The van der Waals surface area contributed by atoms with Crippen molar-refractivity contribution >= 4 is 5.91 Å². The van der Waals surface area contributed by atoms with Gasteiger partial charge in [-0.1, -0.05) is 107 Å². The minimum absolute atomic E-state index is 0.326. The molecule has 0 fully saturated rings. The lowest BCUT2D eigenvalue weighted by atomic mass is 10.00. The van der Waals surface area contributed by atoms with Crippen molar-refractivity contribution < 1.29 is 25.2 Å². The Morgan fingerprint density at radius 2 is 1.05 bits per heavy atom. The first kappa shape index (κ1) is 40.3. The topological polar surface area (TPSA) is 110 Å². The van der Waals surface area contributed by atoms with Crippen molar-refractivity contribution in [3.8, 4) is 0 Å². The van der Waals surface area contributed by atoms with Crippen LogP contribution in [-0.2, 0) is 4.79 Å². The highest BCUT2D eigenvalue weighted by Gasteiger charge is 2.28. The molecule has 0 aliphatic carbocycles. The summed E-state index contributed by atoms with van der Waals surface area (Å²) in [5.41, 5.74) is 0. The molecular weight excluding hydrogens is 526 g/mol. The maximum atomic E-state index is 12.4. The van der Waals surface area contributed by atoms with Crippen LogP contribution in [0.2, 0.25) is 0 Å². The van der Waals surface area contributed by atoms with Gasteiger partial charge in [0.1, 0.15) is 12.2 Å². The fourth-order valence-corrected chi connectivity index (χ4v) is 4.67. The maximum Gasteiger partial charge on any atom is 0.249 e. The van der Waals surface area contributed by atoms with Gasteiger partial charge in [0.05, 0.1) is 18.8 Å². The van der Waals surface area contributed by atoms with Crippen LogP contribution in [0.5, 0.6) is 0 Å². The molecule has 0 spiro atoms. The first-order chi connectivity index (χ1) is 20.5. The first-order valence-corrected chi connectivity index (χ1v) is 17.0. The highest BCUT2D eigenvalue weighted by Crippen LogP contribution is 2.12. The van der Waals surface area contributed by atoms with E-state index in [1.165, 1.54) is 44.9 Å². The summed E-state index contributed by atoms with van der Waals surface area (Å²) in [5, 5.41) is 43.2. The number of carbonyl (C=O) groups excluding carboxylic acids is 1. The molecule has 0 aromatic carbocycles. The van der Waals surface area contributed by atoms with E-state index in [4.69, 9.17) is 0 Å². The Morgan fingerprint density at radius 3 is 1.60 bits per heavy atom. The van der Waals surface area contributed by atoms with E-state index in [0.717, 1.165) is 57.8 Å². The smallest absolute Gasteiger partial charge is 0.249 e. The molecule has 244 valence electrons. The minimum Gasteiger partial charge on any atom is -0.394 e. The Hall–Kier alpha value is -1.73. The van der Waals surface area contributed by atoms with Crippen molar-refractivity contribution in [2.45, 2.75) is 167 Å². The summed E-state index contributed by atoms with van der Waals surface area (Å²) >= 11 is 0. The zero-order chi connectivity index (χ0) is 31.1. The van der Waals surface area contributed by atoms with Gasteiger partial charge in [0.25, 0.3) is 0 Å². The molecule has 0 saturated heterocycles. The number of aliphatic hydroxyl groups excluding tert-OH is 4. The average molecular weight is 592 g/mol. The minimum atomic E-state index is -1.30. The lowest BCUT2D eigenvalue weighted by molar-refractivity contribution is -0.132. The summed E-state index contributed by atoms with van der Waals surface area (Å²) in [5.74, 6) is -0.621. The van der Waals surface area contributed by atoms with E-state index < -0.39 is 36.9 Å². The Morgan fingerprint density at radius 1 is 0.571 bits per heavy atom. The molecule has 0 saturated carbocycles. The van der Waals surface area contributed by atoms with Crippen molar-refractivity contribution in [1.82, 2.24) is 5.32 Å². The van der Waals surface area contributed by atoms with Crippen molar-refractivity contribution in [3.05, 3.63) is 48.6 Å². The second-order valence-corrected chi connectivity index (χ2v) is 11.5. The number of aliphatic hydroxyl groups is 4. The molecule has 1 amide bonds. The van der Waals surface area contributed by atoms with Crippen LogP contribution >= 0.6 is 0 Å². The second kappa shape index (κ2) is 30.7. The van der Waals surface area contributed by atoms with Gasteiger partial charge in [0.15, 0.2) is 0 Å². The summed E-state index contributed by atoms with van der Waals surface area (Å²) in [6.07, 6.45) is 34.1. The third kappa shape index (κ3) is 24.8. The van der Waals surface area contributed by atoms with Gasteiger partial charge in [-0.15, -0.1) is 0 Å². The van der Waals surface area contributed by atoms with Crippen LogP contribution < -0.4 is 5.32 Å². The molecule has 5 N–H and O–H groups in total. The SMILES string of the molecule is CCC/C=C/CC/C=C/CC/C=C/CCCC(O)C(O)C(CO)NC(=O)C(O)CCCC/C=C\CCCCCCCC. The predicted molar refractivity (Wildman–Crippen MR) is 177 cm³/mol. The predicted octanol–water partition coefficient (Wildman–Crippen LogP) is 7.61. The molecule has 6 heteroatoms. The molecule has 0 aliphatic heterocycles. The van der Waals surface area contributed by atoms with E-state index in [1.54, 1.807) is 0 Å². The number of hydrogen-bond acceptors (Lipinski definition) is 5. The monoisotopic (exact) mass is 591 g/mol. The molecule has 0 aliphatic rings. The zero-order valence-electron chi connectivity index (χ0n) is 27.0. The average Bonchev–Trinajstić information content (AvgIpc) is 2.99. The van der Waals surface area contributed by atoms with E-state index in [2.05, 4.69) is 67.8 Å². The van der Waals surface area contributed by atoms with Crippen molar-refractivity contribution in [2.75, 3.05) is 6.61 Å². The van der Waals surface area contributed by atoms with Gasteiger partial charge < -0.3 is 25.7 Å². The Labute approximate surface area is 258 Å². The van der Waals surface area contributed by atoms with Gasteiger partial charge in [-0.05, 0) is 83.5 Å². The van der Waals surface area contributed by atoms with Crippen molar-refractivity contribution in [1.29, 1.82) is 0 Å². The van der Waals surface area contributed by atoms with Gasteiger partial charge >= 0.3 is 0 Å². The highest BCUT2D eigenvalue weighted by atomic mass is 16.3. The molecule has 42 heavy (non-hydrogen) atoms. The van der Waals surface area contributed by atoms with Crippen LogP contribution in [-0.4, -0.2) is 57.3 Å². The third-order valence-corrected chi connectivity index (χ3v) is 7.45. The zero-order valence-corrected chi connectivity index (χ0v) is 27.0. The Kier molecular flexibility index (Phi) is 29.5. The summed E-state index contributed by atoms with van der Waals surface area (Å²) in [6.45, 7) is 3.90. The normalized spacial score (nSPS) is 15.3. The van der Waals surface area contributed by atoms with E-state index in [-0.39, 0.29) is 0 Å². The van der Waals surface area contributed by atoms with Crippen molar-refractivity contribution in [3.63, 3.8) is 0 Å². The van der Waals surface area contributed by atoms with Crippen LogP contribution in [0.3, 0.4) is 0 Å². The molecule has 0 heterocycles. The summed E-state index contributed by atoms with van der Waals surface area (Å²) in [7, 11) is 0. The number of carbonyl (C=O) groups is 1. The largest absolute Gasteiger partial charge is 0.394 e. The van der Waals surface area contributed by atoms with Gasteiger partial charge in [0.2, 0.25) is 5.91 Å². The molecule has 0 aromatic rings. The van der Waals surface area contributed by atoms with Crippen LogP contribution in [0.25, 0.3) is 0 Å². The molecule has 0 aromatic heterocycles. The molecule has 0 rings (SSSR count). The van der Waals surface area contributed by atoms with Gasteiger partial charge in [-0.25, -0.2) is 0 Å². The van der Waals surface area contributed by atoms with E-state index in [0.29, 0.717) is 25.7 Å². The number of allylic oxidation sites excluding steroid dienone is 8. The highest BCUT2D eigenvalue weighted by molar-refractivity contribution is 5.80. The fourth-order valence-electron chi connectivity index (χ4n) is 4.67. The number of hydrogen-bond donors (Lipinski definition) is 5. The maximum absolute atomic E-state index is 12.4. The molecule has 0 radical (unpaired) electrons. The van der Waals surface area contributed by atoms with Gasteiger partial charge in [-0.2, -0.15) is 0 Å². The lowest BCUT2D eigenvalue weighted by Gasteiger charge is -2.27. The lowest BCUT2D eigenvalue weighted by Crippen LogP contribution is -2.53. The van der Waals surface area contributed by atoms with Crippen LogP contribution in [0, 0.1) is 0 Å². The quantitative estimate of drug-likeness (QED) is 0.0454. The Balaban J connectivity index is 4.00. The molecular formula is C36H65NO5. The van der Waals surface area contributed by atoms with Crippen LogP contribution in [0.1, 0.15) is 142 Å². The standard InChI is InChI=1S/C36H65NO5/c1-3-5-7-9-11-13-15-17-18-20-21-23-25-27-29-33(39)35(41)32(31-38)37-36(42)34(40)30-28-26-24-22-19-16-14-12-10-8-6-4-2/h7,9,15,17,19,21-23,32-35,38-41H,3-6,8,10-14,16,18,20,24-31H2,1-2H3,(H,37,42)/b9-7+,17-15+,22-19-,23-21+. The first-order valence-electron chi connectivity index (χ1n) is 17.0. The molecule has 4 unspecified atom stereocenters. The number of rotatable bonds is 29. The molecule has 6 nitrogen and oxygen atoms in total. The summed E-state index contributed by atoms with van der Waals surface area (Å²) in [6, 6.07) is -1.02. The second-order valence-electron chi connectivity index (χ2n) is 11.5. The number of amides is 1. The van der Waals surface area contributed by atoms with E-state index >= 15 is 0 Å². The van der Waals surface area contributed by atoms with Crippen molar-refractivity contribution in [2.24, 2.45) is 0 Å². The van der Waals surface area contributed by atoms with Gasteiger partial charge in [0, 0.05) is 0 Å². The summed E-state index contributed by atoms with van der Waals surface area (Å²) < 4.78 is 0. The van der Waals surface area contributed by atoms with Gasteiger partial charge in [-0.3, -0.25) is 4.79 Å². The van der Waals surface area contributed by atoms with Crippen LogP contribution in [0.4, 0.5) is 0 Å². The number of unbranched alkanes of at least 4 members (excludes halogenated alkanes) is 12. The molecule has 4 atom stereocenters.